The van der Waals surface area contributed by atoms with Crippen LogP contribution >= 0.6 is 0 Å². The summed E-state index contributed by atoms with van der Waals surface area (Å²) in [6.45, 7) is 3.86. The van der Waals surface area contributed by atoms with Gasteiger partial charge >= 0.3 is 0 Å². The van der Waals surface area contributed by atoms with Gasteiger partial charge in [0, 0.05) is 36.1 Å². The van der Waals surface area contributed by atoms with E-state index in [0.717, 1.165) is 17.5 Å². The van der Waals surface area contributed by atoms with Crippen LogP contribution < -0.4 is 4.90 Å². The van der Waals surface area contributed by atoms with Crippen LogP contribution in [0.5, 0.6) is 0 Å². The topological polar surface area (TPSA) is 80.5 Å². The summed E-state index contributed by atoms with van der Waals surface area (Å²) in [5.74, 6) is -0.472. The van der Waals surface area contributed by atoms with Gasteiger partial charge in [-0.3, -0.25) is 24.6 Å². The molecule has 2 aromatic carbocycles. The quantitative estimate of drug-likeness (QED) is 0.531. The summed E-state index contributed by atoms with van der Waals surface area (Å²) in [6, 6.07) is 12.9. The number of allylic oxidation sites excluding steroid dienone is 2. The fourth-order valence-corrected chi connectivity index (χ4v) is 4.51. The second-order valence-electron chi connectivity index (χ2n) is 7.97. The molecule has 154 valence electrons. The van der Waals surface area contributed by atoms with Gasteiger partial charge in [0.1, 0.15) is 5.69 Å². The first-order valence-corrected chi connectivity index (χ1v) is 10.3. The van der Waals surface area contributed by atoms with E-state index < -0.39 is 4.92 Å². The number of nitro benzene ring substituents is 1. The minimum absolute atomic E-state index is 0.0353. The molecule has 2 aliphatic rings. The maximum Gasteiger partial charge on any atom is 0.293 e. The Morgan fingerprint density at radius 3 is 2.50 bits per heavy atom. The molecule has 0 aromatic heterocycles. The van der Waals surface area contributed by atoms with Gasteiger partial charge in [0.15, 0.2) is 5.78 Å². The molecule has 1 heterocycles. The second kappa shape index (κ2) is 7.86. The van der Waals surface area contributed by atoms with E-state index in [1.807, 2.05) is 24.3 Å². The molecule has 0 radical (unpaired) electrons. The number of aryl methyl sites for hydroxylation is 2. The van der Waals surface area contributed by atoms with E-state index in [0.29, 0.717) is 30.5 Å². The van der Waals surface area contributed by atoms with Crippen LogP contribution in [0.2, 0.25) is 0 Å². The average Bonchev–Trinajstić information content (AvgIpc) is 2.74. The van der Waals surface area contributed by atoms with Gasteiger partial charge in [0.2, 0.25) is 5.91 Å². The molecule has 1 aliphatic carbocycles. The lowest BCUT2D eigenvalue weighted by Gasteiger charge is -2.38. The van der Waals surface area contributed by atoms with E-state index in [1.165, 1.54) is 16.5 Å². The number of anilines is 1. The number of nitrogens with zero attached hydrogens (tertiary/aromatic N) is 2. The van der Waals surface area contributed by atoms with Crippen LogP contribution in [0.15, 0.2) is 53.7 Å². The SMILES string of the molecule is CCc1ccc(C2CC(=O)N(c3ccc(C)cc3[N+](=O)[O-])C3=C2C(=O)CCC3)cc1. The maximum absolute atomic E-state index is 13.3. The van der Waals surface area contributed by atoms with Crippen LogP contribution in [-0.2, 0) is 16.0 Å². The maximum atomic E-state index is 13.3. The molecular weight excluding hydrogens is 380 g/mol. The van der Waals surface area contributed by atoms with Crippen LogP contribution in [0.1, 0.15) is 55.2 Å². The molecule has 1 amide bonds. The zero-order valence-electron chi connectivity index (χ0n) is 17.2. The molecule has 0 spiro atoms. The lowest BCUT2D eigenvalue weighted by molar-refractivity contribution is -0.384. The first kappa shape index (κ1) is 20.0. The van der Waals surface area contributed by atoms with Gasteiger partial charge in [-0.25, -0.2) is 0 Å². The molecule has 6 nitrogen and oxygen atoms in total. The monoisotopic (exact) mass is 404 g/mol. The van der Waals surface area contributed by atoms with Crippen LogP contribution in [0.3, 0.4) is 0 Å². The van der Waals surface area contributed by atoms with Gasteiger partial charge in [-0.15, -0.1) is 0 Å². The van der Waals surface area contributed by atoms with Crippen molar-refractivity contribution in [3.8, 4) is 0 Å². The zero-order chi connectivity index (χ0) is 21.4. The Morgan fingerprint density at radius 1 is 1.10 bits per heavy atom. The molecule has 2 aromatic rings. The number of benzene rings is 2. The highest BCUT2D eigenvalue weighted by Crippen LogP contribution is 2.45. The van der Waals surface area contributed by atoms with Crippen molar-refractivity contribution in [3.05, 3.63) is 80.5 Å². The zero-order valence-corrected chi connectivity index (χ0v) is 17.2. The van der Waals surface area contributed by atoms with Crippen molar-refractivity contribution >= 4 is 23.1 Å². The highest BCUT2D eigenvalue weighted by atomic mass is 16.6. The molecule has 1 aliphatic heterocycles. The first-order chi connectivity index (χ1) is 14.4. The van der Waals surface area contributed by atoms with Crippen molar-refractivity contribution in [1.29, 1.82) is 0 Å². The number of hydrogen-bond acceptors (Lipinski definition) is 4. The average molecular weight is 404 g/mol. The van der Waals surface area contributed by atoms with Gasteiger partial charge in [-0.1, -0.05) is 37.3 Å². The number of rotatable bonds is 4. The molecule has 0 saturated carbocycles. The third-order valence-corrected chi connectivity index (χ3v) is 6.03. The van der Waals surface area contributed by atoms with E-state index in [1.54, 1.807) is 19.1 Å². The lowest BCUT2D eigenvalue weighted by atomic mass is 9.77. The van der Waals surface area contributed by atoms with E-state index in [-0.39, 0.29) is 35.4 Å². The number of carbonyl (C=O) groups excluding carboxylic acids is 2. The third-order valence-electron chi connectivity index (χ3n) is 6.03. The number of amides is 1. The molecule has 0 N–H and O–H groups in total. The lowest BCUT2D eigenvalue weighted by Crippen LogP contribution is -2.40. The number of Topliss-reactive ketones (excluding diaryl/α,β-unsaturated/α-hetero) is 1. The van der Waals surface area contributed by atoms with Crippen LogP contribution in [-0.4, -0.2) is 16.6 Å². The molecule has 30 heavy (non-hydrogen) atoms. The summed E-state index contributed by atoms with van der Waals surface area (Å²) in [4.78, 5) is 38.9. The van der Waals surface area contributed by atoms with Crippen molar-refractivity contribution < 1.29 is 14.5 Å². The van der Waals surface area contributed by atoms with Crippen LogP contribution in [0, 0.1) is 17.0 Å². The Balaban J connectivity index is 1.87. The highest BCUT2D eigenvalue weighted by Gasteiger charge is 2.41. The Bertz CT molecular complexity index is 1070. The predicted octanol–water partition coefficient (Wildman–Crippen LogP) is 4.99. The smallest absolute Gasteiger partial charge is 0.293 e. The van der Waals surface area contributed by atoms with E-state index >= 15 is 0 Å². The molecule has 0 saturated heterocycles. The summed E-state index contributed by atoms with van der Waals surface area (Å²) in [6.07, 6.45) is 2.69. The molecule has 0 bridgehead atoms. The normalized spacial score (nSPS) is 19.1. The van der Waals surface area contributed by atoms with Crippen LogP contribution in [0.25, 0.3) is 0 Å². The summed E-state index contributed by atoms with van der Waals surface area (Å²) in [5, 5.41) is 11.7. The Hall–Kier alpha value is -3.28. The molecule has 6 heteroatoms. The third kappa shape index (κ3) is 3.43. The second-order valence-corrected chi connectivity index (χ2v) is 7.97. The van der Waals surface area contributed by atoms with Gasteiger partial charge < -0.3 is 0 Å². The van der Waals surface area contributed by atoms with E-state index in [9.17, 15) is 19.7 Å². The van der Waals surface area contributed by atoms with Crippen LogP contribution in [0.4, 0.5) is 11.4 Å². The van der Waals surface area contributed by atoms with Crippen molar-refractivity contribution in [3.63, 3.8) is 0 Å². The molecule has 4 rings (SSSR count). The minimum atomic E-state index is -0.462. The first-order valence-electron chi connectivity index (χ1n) is 10.3. The largest absolute Gasteiger partial charge is 0.294 e. The molecular formula is C24H24N2O4. The fraction of sp³-hybridized carbons (Fsp3) is 0.333. The highest BCUT2D eigenvalue weighted by molar-refractivity contribution is 6.08. The van der Waals surface area contributed by atoms with Gasteiger partial charge in [0.05, 0.1) is 4.92 Å². The van der Waals surface area contributed by atoms with E-state index in [2.05, 4.69) is 6.92 Å². The van der Waals surface area contributed by atoms with Crippen molar-refractivity contribution in [2.75, 3.05) is 4.90 Å². The molecule has 1 atom stereocenters. The summed E-state index contributed by atoms with van der Waals surface area (Å²) in [5.41, 5.74) is 4.29. The molecule has 0 fully saturated rings. The number of carbonyl (C=O) groups is 2. The Kier molecular flexibility index (Phi) is 5.24. The van der Waals surface area contributed by atoms with Gasteiger partial charge in [-0.2, -0.15) is 0 Å². The Morgan fingerprint density at radius 2 is 1.83 bits per heavy atom. The molecule has 1 unspecified atom stereocenters. The number of ketones is 1. The summed E-state index contributed by atoms with van der Waals surface area (Å²) < 4.78 is 0. The van der Waals surface area contributed by atoms with Crippen molar-refractivity contribution in [1.82, 2.24) is 0 Å². The fourth-order valence-electron chi connectivity index (χ4n) is 4.51. The van der Waals surface area contributed by atoms with E-state index in [4.69, 9.17) is 0 Å². The summed E-state index contributed by atoms with van der Waals surface area (Å²) >= 11 is 0. The number of hydrogen-bond donors (Lipinski definition) is 0. The minimum Gasteiger partial charge on any atom is -0.294 e. The van der Waals surface area contributed by atoms with Crippen molar-refractivity contribution in [2.45, 2.75) is 51.9 Å². The van der Waals surface area contributed by atoms with Gasteiger partial charge in [-0.05, 0) is 48.9 Å². The Labute approximate surface area is 175 Å². The predicted molar refractivity (Wildman–Crippen MR) is 114 cm³/mol. The van der Waals surface area contributed by atoms with Crippen molar-refractivity contribution in [2.24, 2.45) is 0 Å². The standard InChI is InChI=1S/C24H24N2O4/c1-3-16-8-10-17(11-9-16)18-14-23(28)25(20-5-4-6-22(27)24(18)20)19-12-7-15(2)13-21(19)26(29)30/h7-13,18H,3-6,14H2,1-2H3. The van der Waals surface area contributed by atoms with Gasteiger partial charge in [0.25, 0.3) is 5.69 Å². The summed E-state index contributed by atoms with van der Waals surface area (Å²) in [7, 11) is 0. The number of nitro groups is 1.